The van der Waals surface area contributed by atoms with Gasteiger partial charge in [-0.1, -0.05) is 18.2 Å². The van der Waals surface area contributed by atoms with Crippen LogP contribution in [0.15, 0.2) is 35.2 Å². The zero-order chi connectivity index (χ0) is 15.2. The maximum absolute atomic E-state index is 12.1. The zero-order valence-electron chi connectivity index (χ0n) is 11.4. The highest BCUT2D eigenvalue weighted by Gasteiger charge is 2.13. The molecule has 7 heteroatoms. The van der Waals surface area contributed by atoms with Gasteiger partial charge < -0.3 is 15.3 Å². The standard InChI is InChI=1S/C14H15N3O3S/c1-17(7-11-8-21-9-15-11)14(20)16-12-5-3-2-4-10(12)6-13(18)19/h2-5,8-9H,6-7H2,1H3,(H,16,20)(H,18,19). The van der Waals surface area contributed by atoms with Gasteiger partial charge in [-0.05, 0) is 11.6 Å². The molecule has 0 unspecified atom stereocenters. The molecule has 0 bridgehead atoms. The number of nitrogens with zero attached hydrogens (tertiary/aromatic N) is 2. The van der Waals surface area contributed by atoms with Crippen molar-refractivity contribution >= 4 is 29.0 Å². The molecule has 2 amide bonds. The van der Waals surface area contributed by atoms with Gasteiger partial charge in [-0.15, -0.1) is 11.3 Å². The van der Waals surface area contributed by atoms with E-state index in [9.17, 15) is 9.59 Å². The number of carbonyl (C=O) groups excluding carboxylic acids is 1. The van der Waals surface area contributed by atoms with Crippen molar-refractivity contribution in [3.63, 3.8) is 0 Å². The van der Waals surface area contributed by atoms with Crippen molar-refractivity contribution in [1.29, 1.82) is 0 Å². The third kappa shape index (κ3) is 4.28. The molecule has 0 spiro atoms. The molecule has 0 saturated heterocycles. The number of benzene rings is 1. The van der Waals surface area contributed by atoms with Gasteiger partial charge in [0.05, 0.1) is 24.2 Å². The number of rotatable bonds is 5. The van der Waals surface area contributed by atoms with Crippen LogP contribution in [-0.4, -0.2) is 34.0 Å². The lowest BCUT2D eigenvalue weighted by Crippen LogP contribution is -2.31. The molecule has 1 aromatic heterocycles. The van der Waals surface area contributed by atoms with E-state index in [1.54, 1.807) is 36.8 Å². The number of para-hydroxylation sites is 1. The Labute approximate surface area is 126 Å². The normalized spacial score (nSPS) is 10.1. The first kappa shape index (κ1) is 15.0. The monoisotopic (exact) mass is 305 g/mol. The number of carboxylic acids is 1. The molecule has 0 fully saturated rings. The Kier molecular flexibility index (Phi) is 4.89. The highest BCUT2D eigenvalue weighted by atomic mass is 32.1. The van der Waals surface area contributed by atoms with Crippen LogP contribution in [0.5, 0.6) is 0 Å². The van der Waals surface area contributed by atoms with Crippen LogP contribution in [0.1, 0.15) is 11.3 Å². The molecule has 2 N–H and O–H groups in total. The number of carboxylic acid groups (broad SMARTS) is 1. The van der Waals surface area contributed by atoms with Gasteiger partial charge in [0.25, 0.3) is 0 Å². The van der Waals surface area contributed by atoms with E-state index in [4.69, 9.17) is 5.11 Å². The smallest absolute Gasteiger partial charge is 0.321 e. The average Bonchev–Trinajstić information content (AvgIpc) is 2.93. The Bertz CT molecular complexity index is 628. The SMILES string of the molecule is CN(Cc1cscn1)C(=O)Nc1ccccc1CC(=O)O. The minimum absolute atomic E-state index is 0.133. The van der Waals surface area contributed by atoms with Crippen LogP contribution in [0.4, 0.5) is 10.5 Å². The maximum atomic E-state index is 12.1. The summed E-state index contributed by atoms with van der Waals surface area (Å²) in [6.07, 6.45) is -0.133. The Hall–Kier alpha value is -2.41. The minimum Gasteiger partial charge on any atom is -0.481 e. The van der Waals surface area contributed by atoms with Crippen molar-refractivity contribution in [3.05, 3.63) is 46.4 Å². The summed E-state index contributed by atoms with van der Waals surface area (Å²) in [6, 6.07) is 6.56. The molecular weight excluding hydrogens is 290 g/mol. The topological polar surface area (TPSA) is 82.5 Å². The number of hydrogen-bond acceptors (Lipinski definition) is 4. The first-order chi connectivity index (χ1) is 10.1. The summed E-state index contributed by atoms with van der Waals surface area (Å²) in [5, 5.41) is 13.5. The summed E-state index contributed by atoms with van der Waals surface area (Å²) in [6.45, 7) is 0.399. The van der Waals surface area contributed by atoms with Crippen LogP contribution in [0, 0.1) is 0 Å². The molecule has 2 rings (SSSR count). The van der Waals surface area contributed by atoms with Crippen molar-refractivity contribution < 1.29 is 14.7 Å². The number of anilines is 1. The molecule has 1 heterocycles. The van der Waals surface area contributed by atoms with Crippen LogP contribution in [0.3, 0.4) is 0 Å². The molecule has 1 aromatic carbocycles. The third-order valence-electron chi connectivity index (χ3n) is 2.83. The van der Waals surface area contributed by atoms with Gasteiger partial charge in [0.15, 0.2) is 0 Å². The predicted molar refractivity (Wildman–Crippen MR) is 80.4 cm³/mol. The molecule has 0 radical (unpaired) electrons. The Balaban J connectivity index is 2.03. The van der Waals surface area contributed by atoms with Crippen LogP contribution < -0.4 is 5.32 Å². The Morgan fingerprint density at radius 2 is 2.14 bits per heavy atom. The van der Waals surface area contributed by atoms with E-state index in [0.717, 1.165) is 5.69 Å². The number of amides is 2. The second-order valence-electron chi connectivity index (χ2n) is 4.49. The minimum atomic E-state index is -0.937. The fourth-order valence-electron chi connectivity index (χ4n) is 1.80. The number of aromatic nitrogens is 1. The van der Waals surface area contributed by atoms with E-state index in [1.165, 1.54) is 16.2 Å². The van der Waals surface area contributed by atoms with Crippen molar-refractivity contribution in [2.24, 2.45) is 0 Å². The summed E-state index contributed by atoms with van der Waals surface area (Å²) in [5.74, 6) is -0.937. The predicted octanol–water partition coefficient (Wildman–Crippen LogP) is 2.43. The Morgan fingerprint density at radius 3 is 2.81 bits per heavy atom. The fourth-order valence-corrected chi connectivity index (χ4v) is 2.35. The summed E-state index contributed by atoms with van der Waals surface area (Å²) in [4.78, 5) is 28.6. The van der Waals surface area contributed by atoms with Gasteiger partial charge in [0.1, 0.15) is 0 Å². The van der Waals surface area contributed by atoms with Crippen LogP contribution in [-0.2, 0) is 17.8 Å². The fraction of sp³-hybridized carbons (Fsp3) is 0.214. The second-order valence-corrected chi connectivity index (χ2v) is 5.21. The van der Waals surface area contributed by atoms with E-state index in [1.807, 2.05) is 5.38 Å². The number of hydrogen-bond donors (Lipinski definition) is 2. The van der Waals surface area contributed by atoms with E-state index >= 15 is 0 Å². The van der Waals surface area contributed by atoms with Crippen LogP contribution in [0.25, 0.3) is 0 Å². The van der Waals surface area contributed by atoms with Crippen LogP contribution in [0.2, 0.25) is 0 Å². The number of urea groups is 1. The summed E-state index contributed by atoms with van der Waals surface area (Å²) in [5.41, 5.74) is 3.61. The van der Waals surface area contributed by atoms with Crippen LogP contribution >= 0.6 is 11.3 Å². The highest BCUT2D eigenvalue weighted by Crippen LogP contribution is 2.16. The zero-order valence-corrected chi connectivity index (χ0v) is 12.3. The van der Waals surface area contributed by atoms with E-state index in [0.29, 0.717) is 17.8 Å². The van der Waals surface area contributed by atoms with Gasteiger partial charge in [-0.2, -0.15) is 0 Å². The molecule has 0 aliphatic carbocycles. The van der Waals surface area contributed by atoms with E-state index in [2.05, 4.69) is 10.3 Å². The molecule has 0 aliphatic heterocycles. The number of aliphatic carboxylic acids is 1. The van der Waals surface area contributed by atoms with Crippen molar-refractivity contribution in [3.8, 4) is 0 Å². The van der Waals surface area contributed by atoms with Crippen molar-refractivity contribution in [2.75, 3.05) is 12.4 Å². The molecule has 110 valence electrons. The van der Waals surface area contributed by atoms with E-state index < -0.39 is 5.97 Å². The molecule has 21 heavy (non-hydrogen) atoms. The third-order valence-corrected chi connectivity index (χ3v) is 3.47. The molecule has 0 atom stereocenters. The first-order valence-electron chi connectivity index (χ1n) is 6.25. The van der Waals surface area contributed by atoms with Crippen molar-refractivity contribution in [2.45, 2.75) is 13.0 Å². The Morgan fingerprint density at radius 1 is 1.38 bits per heavy atom. The lowest BCUT2D eigenvalue weighted by atomic mass is 10.1. The maximum Gasteiger partial charge on any atom is 0.321 e. The van der Waals surface area contributed by atoms with Gasteiger partial charge in [-0.25, -0.2) is 9.78 Å². The summed E-state index contributed by atoms with van der Waals surface area (Å²) >= 11 is 1.47. The molecule has 0 saturated carbocycles. The average molecular weight is 305 g/mol. The molecule has 6 nitrogen and oxygen atoms in total. The van der Waals surface area contributed by atoms with Gasteiger partial charge in [0.2, 0.25) is 0 Å². The molecule has 0 aliphatic rings. The highest BCUT2D eigenvalue weighted by molar-refractivity contribution is 7.07. The number of carbonyl (C=O) groups is 2. The summed E-state index contributed by atoms with van der Waals surface area (Å²) < 4.78 is 0. The van der Waals surface area contributed by atoms with Gasteiger partial charge in [-0.3, -0.25) is 4.79 Å². The lowest BCUT2D eigenvalue weighted by molar-refractivity contribution is -0.136. The van der Waals surface area contributed by atoms with Gasteiger partial charge in [0, 0.05) is 18.1 Å². The van der Waals surface area contributed by atoms with Gasteiger partial charge >= 0.3 is 12.0 Å². The molecular formula is C14H15N3O3S. The molecule has 2 aromatic rings. The first-order valence-corrected chi connectivity index (χ1v) is 7.19. The number of thiazole rings is 1. The number of nitrogens with one attached hydrogen (secondary N) is 1. The second kappa shape index (κ2) is 6.85. The van der Waals surface area contributed by atoms with Crippen molar-refractivity contribution in [1.82, 2.24) is 9.88 Å². The quantitative estimate of drug-likeness (QED) is 0.889. The summed E-state index contributed by atoms with van der Waals surface area (Å²) in [7, 11) is 1.66. The largest absolute Gasteiger partial charge is 0.481 e. The lowest BCUT2D eigenvalue weighted by Gasteiger charge is -2.18. The van der Waals surface area contributed by atoms with E-state index in [-0.39, 0.29) is 12.5 Å².